The minimum atomic E-state index is -0.876. The van der Waals surface area contributed by atoms with Crippen LogP contribution in [-0.4, -0.2) is 41.4 Å². The molecule has 1 aliphatic carbocycles. The lowest BCUT2D eigenvalue weighted by Crippen LogP contribution is -2.38. The van der Waals surface area contributed by atoms with Crippen molar-refractivity contribution in [2.24, 2.45) is 5.92 Å². The number of rotatable bonds is 6. The number of nitrogens with zero attached hydrogens (tertiary/aromatic N) is 1. The van der Waals surface area contributed by atoms with Gasteiger partial charge in [-0.3, -0.25) is 14.4 Å². The molecule has 1 saturated carbocycles. The molecule has 1 saturated heterocycles. The second kappa shape index (κ2) is 8.55. The van der Waals surface area contributed by atoms with Gasteiger partial charge in [-0.15, -0.1) is 0 Å². The summed E-state index contributed by atoms with van der Waals surface area (Å²) in [7, 11) is 0. The molecule has 0 spiro atoms. The molecule has 2 amide bonds. The lowest BCUT2D eigenvalue weighted by atomic mass is 10.1. The first kappa shape index (κ1) is 19.4. The van der Waals surface area contributed by atoms with Crippen LogP contribution in [0.2, 0.25) is 0 Å². The van der Waals surface area contributed by atoms with Crippen LogP contribution in [-0.2, 0) is 25.7 Å². The van der Waals surface area contributed by atoms with Crippen LogP contribution in [0.1, 0.15) is 50.2 Å². The first-order valence-electron chi connectivity index (χ1n) is 9.77. The Morgan fingerprint density at radius 2 is 1.89 bits per heavy atom. The van der Waals surface area contributed by atoms with Crippen LogP contribution >= 0.6 is 0 Å². The van der Waals surface area contributed by atoms with Gasteiger partial charge in [0.2, 0.25) is 5.91 Å². The normalized spacial score (nSPS) is 21.3. The maximum atomic E-state index is 12.4. The predicted molar refractivity (Wildman–Crippen MR) is 101 cm³/mol. The zero-order valence-electron chi connectivity index (χ0n) is 16.1. The quantitative estimate of drug-likeness (QED) is 0.778. The fraction of sp³-hybridized carbons (Fsp3) is 0.571. The Labute approximate surface area is 160 Å². The fourth-order valence-electron chi connectivity index (χ4n) is 3.82. The summed E-state index contributed by atoms with van der Waals surface area (Å²) in [5.41, 5.74) is 2.14. The molecule has 1 aliphatic heterocycles. The van der Waals surface area contributed by atoms with Gasteiger partial charge in [-0.1, -0.05) is 42.7 Å². The number of hydrogen-bond acceptors (Lipinski definition) is 4. The van der Waals surface area contributed by atoms with E-state index in [1.165, 1.54) is 0 Å². The van der Waals surface area contributed by atoms with Crippen molar-refractivity contribution in [2.45, 2.75) is 64.6 Å². The maximum Gasteiger partial charge on any atom is 0.312 e. The second-order valence-electron chi connectivity index (χ2n) is 7.67. The smallest absolute Gasteiger partial charge is 0.312 e. The van der Waals surface area contributed by atoms with E-state index in [-0.39, 0.29) is 24.3 Å². The van der Waals surface area contributed by atoms with Gasteiger partial charge < -0.3 is 15.0 Å². The predicted octanol–water partition coefficient (Wildman–Crippen LogP) is 2.33. The standard InChI is InChI=1S/C21H28N2O4/c1-14-7-9-16(10-8-14)12-22-20(25)15(2)27-21(26)17-11-19(24)23(13-17)18-5-3-4-6-18/h7-10,15,17-18H,3-6,11-13H2,1-2H3,(H,22,25)/t15-,17+/m1/s1. The van der Waals surface area contributed by atoms with Crippen LogP contribution in [0.4, 0.5) is 0 Å². The van der Waals surface area contributed by atoms with Gasteiger partial charge in [-0.25, -0.2) is 0 Å². The maximum absolute atomic E-state index is 12.4. The number of aryl methyl sites for hydroxylation is 1. The van der Waals surface area contributed by atoms with E-state index < -0.39 is 18.0 Å². The molecule has 6 nitrogen and oxygen atoms in total. The molecule has 1 aromatic carbocycles. The number of nitrogens with one attached hydrogen (secondary N) is 1. The molecule has 2 fully saturated rings. The summed E-state index contributed by atoms with van der Waals surface area (Å²) in [5.74, 6) is -1.23. The Kier molecular flexibility index (Phi) is 6.14. The molecular formula is C21H28N2O4. The zero-order valence-corrected chi connectivity index (χ0v) is 16.1. The number of carbonyl (C=O) groups excluding carboxylic acids is 3. The highest BCUT2D eigenvalue weighted by molar-refractivity contribution is 5.89. The summed E-state index contributed by atoms with van der Waals surface area (Å²) in [4.78, 5) is 38.7. The number of ether oxygens (including phenoxy) is 1. The van der Waals surface area contributed by atoms with E-state index in [1.54, 1.807) is 6.92 Å². The summed E-state index contributed by atoms with van der Waals surface area (Å²) in [6, 6.07) is 8.14. The molecular weight excluding hydrogens is 344 g/mol. The van der Waals surface area contributed by atoms with Gasteiger partial charge in [0.25, 0.3) is 5.91 Å². The van der Waals surface area contributed by atoms with Crippen molar-refractivity contribution in [1.82, 2.24) is 10.2 Å². The molecule has 0 aromatic heterocycles. The van der Waals surface area contributed by atoms with Gasteiger partial charge in [0.1, 0.15) is 0 Å². The van der Waals surface area contributed by atoms with E-state index in [0.29, 0.717) is 13.1 Å². The molecule has 0 unspecified atom stereocenters. The molecule has 6 heteroatoms. The molecule has 0 radical (unpaired) electrons. The Morgan fingerprint density at radius 1 is 1.22 bits per heavy atom. The molecule has 1 heterocycles. The number of carbonyl (C=O) groups is 3. The highest BCUT2D eigenvalue weighted by atomic mass is 16.5. The first-order valence-corrected chi connectivity index (χ1v) is 9.77. The molecule has 3 rings (SSSR count). The molecule has 27 heavy (non-hydrogen) atoms. The summed E-state index contributed by atoms with van der Waals surface area (Å²) in [5, 5.41) is 2.78. The third kappa shape index (κ3) is 4.87. The van der Waals surface area contributed by atoms with Gasteiger partial charge in [0, 0.05) is 25.6 Å². The van der Waals surface area contributed by atoms with Crippen molar-refractivity contribution in [3.8, 4) is 0 Å². The molecule has 0 bridgehead atoms. The summed E-state index contributed by atoms with van der Waals surface area (Å²) >= 11 is 0. The Morgan fingerprint density at radius 3 is 2.56 bits per heavy atom. The Balaban J connectivity index is 1.46. The highest BCUT2D eigenvalue weighted by Crippen LogP contribution is 2.30. The van der Waals surface area contributed by atoms with Crippen molar-refractivity contribution in [1.29, 1.82) is 0 Å². The van der Waals surface area contributed by atoms with Crippen molar-refractivity contribution in [2.75, 3.05) is 6.54 Å². The minimum absolute atomic E-state index is 0.0281. The lowest BCUT2D eigenvalue weighted by molar-refractivity contribution is -0.158. The Hall–Kier alpha value is -2.37. The summed E-state index contributed by atoms with van der Waals surface area (Å²) in [6.45, 7) is 4.37. The number of hydrogen-bond donors (Lipinski definition) is 1. The van der Waals surface area contributed by atoms with Crippen LogP contribution in [0, 0.1) is 12.8 Å². The molecule has 1 N–H and O–H groups in total. The molecule has 2 atom stereocenters. The van der Waals surface area contributed by atoms with Crippen molar-refractivity contribution in [3.05, 3.63) is 35.4 Å². The van der Waals surface area contributed by atoms with Crippen LogP contribution in [0.3, 0.4) is 0 Å². The third-order valence-corrected chi connectivity index (χ3v) is 5.51. The average molecular weight is 372 g/mol. The third-order valence-electron chi connectivity index (χ3n) is 5.51. The number of likely N-dealkylation sites (tertiary alicyclic amines) is 1. The largest absolute Gasteiger partial charge is 0.452 e. The molecule has 2 aliphatic rings. The first-order chi connectivity index (χ1) is 12.9. The van der Waals surface area contributed by atoms with Gasteiger partial charge in [0.05, 0.1) is 5.92 Å². The Bertz CT molecular complexity index is 695. The van der Waals surface area contributed by atoms with Gasteiger partial charge in [0.15, 0.2) is 6.10 Å². The SMILES string of the molecule is Cc1ccc(CNC(=O)[C@@H](C)OC(=O)[C@H]2CC(=O)N(C3CCCC3)C2)cc1. The minimum Gasteiger partial charge on any atom is -0.452 e. The van der Waals surface area contributed by atoms with Gasteiger partial charge in [-0.2, -0.15) is 0 Å². The highest BCUT2D eigenvalue weighted by Gasteiger charge is 2.40. The molecule has 146 valence electrons. The summed E-state index contributed by atoms with van der Waals surface area (Å²) in [6.07, 6.45) is 3.63. The second-order valence-corrected chi connectivity index (χ2v) is 7.67. The van der Waals surface area contributed by atoms with E-state index in [9.17, 15) is 14.4 Å². The summed E-state index contributed by atoms with van der Waals surface area (Å²) < 4.78 is 5.33. The molecule has 1 aromatic rings. The number of benzene rings is 1. The van der Waals surface area contributed by atoms with Crippen LogP contribution in [0.5, 0.6) is 0 Å². The van der Waals surface area contributed by atoms with Crippen LogP contribution in [0.25, 0.3) is 0 Å². The number of esters is 1. The van der Waals surface area contributed by atoms with Gasteiger partial charge in [-0.05, 0) is 32.3 Å². The van der Waals surface area contributed by atoms with Gasteiger partial charge >= 0.3 is 5.97 Å². The lowest BCUT2D eigenvalue weighted by Gasteiger charge is -2.24. The van der Waals surface area contributed by atoms with Crippen molar-refractivity contribution < 1.29 is 19.1 Å². The van der Waals surface area contributed by atoms with Crippen LogP contribution in [0.15, 0.2) is 24.3 Å². The van der Waals surface area contributed by atoms with E-state index in [1.807, 2.05) is 36.1 Å². The fourth-order valence-corrected chi connectivity index (χ4v) is 3.82. The van der Waals surface area contributed by atoms with E-state index in [2.05, 4.69) is 5.32 Å². The van der Waals surface area contributed by atoms with Crippen molar-refractivity contribution in [3.63, 3.8) is 0 Å². The number of amides is 2. The monoisotopic (exact) mass is 372 g/mol. The average Bonchev–Trinajstić information content (AvgIpc) is 3.30. The van der Waals surface area contributed by atoms with E-state index in [4.69, 9.17) is 4.74 Å². The topological polar surface area (TPSA) is 75.7 Å². The van der Waals surface area contributed by atoms with Crippen molar-refractivity contribution >= 4 is 17.8 Å². The zero-order chi connectivity index (χ0) is 19.4. The van der Waals surface area contributed by atoms with E-state index in [0.717, 1.165) is 36.8 Å². The van der Waals surface area contributed by atoms with Crippen LogP contribution < -0.4 is 5.32 Å². The van der Waals surface area contributed by atoms with E-state index >= 15 is 0 Å².